The molecule has 3 atom stereocenters. The van der Waals surface area contributed by atoms with Crippen LogP contribution < -0.4 is 19.9 Å². The lowest BCUT2D eigenvalue weighted by Crippen LogP contribution is -2.44. The van der Waals surface area contributed by atoms with Gasteiger partial charge < -0.3 is 29.4 Å². The number of amidine groups is 1. The Labute approximate surface area is 182 Å². The molecule has 1 fully saturated rings. The lowest BCUT2D eigenvalue weighted by Gasteiger charge is -2.32. The van der Waals surface area contributed by atoms with E-state index in [2.05, 4.69) is 17.1 Å². The summed E-state index contributed by atoms with van der Waals surface area (Å²) in [5.41, 5.74) is 4.08. The number of nitrogens with zero attached hydrogens (tertiary/aromatic N) is 3. The summed E-state index contributed by atoms with van der Waals surface area (Å²) in [5.74, 6) is -1.06. The average Bonchev–Trinajstić information content (AvgIpc) is 3.38. The molecule has 0 amide bonds. The number of hydrogen-bond acceptors (Lipinski definition) is 9. The van der Waals surface area contributed by atoms with Gasteiger partial charge in [-0.1, -0.05) is 13.8 Å². The zero-order chi connectivity index (χ0) is 22.9. The number of nitriles is 2. The van der Waals surface area contributed by atoms with Crippen molar-refractivity contribution in [3.63, 3.8) is 0 Å². The molecular weight excluding hydrogens is 400 g/mol. The third kappa shape index (κ3) is 2.77. The minimum atomic E-state index is -1.67. The van der Waals surface area contributed by atoms with E-state index in [-0.39, 0.29) is 5.84 Å². The third-order valence-electron chi connectivity index (χ3n) is 5.95. The summed E-state index contributed by atoms with van der Waals surface area (Å²) in [4.78, 5) is 4.42. The first-order valence-electron chi connectivity index (χ1n) is 10.2. The maximum absolute atomic E-state index is 10.4. The first-order chi connectivity index (χ1) is 14.9. The Bertz CT molecular complexity index is 933. The zero-order valence-corrected chi connectivity index (χ0v) is 18.5. The Morgan fingerprint density at radius 2 is 1.52 bits per heavy atom. The molecule has 0 spiro atoms. The second-order valence-corrected chi connectivity index (χ2v) is 7.51. The van der Waals surface area contributed by atoms with Crippen molar-refractivity contribution in [3.05, 3.63) is 17.7 Å². The number of ether oxygens (including phenoxy) is 5. The number of fused-ring (bicyclic) bond motifs is 1. The van der Waals surface area contributed by atoms with Gasteiger partial charge in [0.15, 0.2) is 16.9 Å². The van der Waals surface area contributed by atoms with Crippen molar-refractivity contribution in [2.75, 3.05) is 34.5 Å². The summed E-state index contributed by atoms with van der Waals surface area (Å²) in [6, 6.07) is 8.03. The van der Waals surface area contributed by atoms with Crippen LogP contribution in [0.2, 0.25) is 0 Å². The van der Waals surface area contributed by atoms with Crippen LogP contribution in [0, 0.1) is 33.5 Å². The van der Waals surface area contributed by atoms with Crippen molar-refractivity contribution >= 4 is 5.84 Å². The van der Waals surface area contributed by atoms with Crippen molar-refractivity contribution in [1.29, 1.82) is 10.5 Å². The molecule has 9 heteroatoms. The molecular formula is C22H28N4O5. The molecule has 9 nitrogen and oxygen atoms in total. The smallest absolute Gasteiger partial charge is 0.293 e. The Hall–Kier alpha value is -3.01. The van der Waals surface area contributed by atoms with E-state index in [1.807, 2.05) is 13.8 Å². The van der Waals surface area contributed by atoms with Crippen LogP contribution in [0.1, 0.15) is 38.2 Å². The van der Waals surface area contributed by atoms with Crippen molar-refractivity contribution in [2.24, 2.45) is 21.6 Å². The molecule has 1 aliphatic heterocycles. The molecule has 1 saturated carbocycles. The molecule has 1 aliphatic carbocycles. The van der Waals surface area contributed by atoms with E-state index >= 15 is 0 Å². The number of hydrogen-bond donors (Lipinski definition) is 1. The number of rotatable bonds is 10. The van der Waals surface area contributed by atoms with Crippen LogP contribution in [0.5, 0.6) is 17.2 Å². The Morgan fingerprint density at radius 1 is 0.968 bits per heavy atom. The highest BCUT2D eigenvalue weighted by Crippen LogP contribution is 2.82. The van der Waals surface area contributed by atoms with E-state index in [1.54, 1.807) is 12.1 Å². The van der Waals surface area contributed by atoms with Crippen LogP contribution in [0.4, 0.5) is 0 Å². The van der Waals surface area contributed by atoms with Crippen LogP contribution in [-0.4, -0.2) is 46.3 Å². The molecule has 3 rings (SSSR count). The molecule has 1 aromatic rings. The Morgan fingerprint density at radius 3 is 1.90 bits per heavy atom. The standard InChI is InChI=1S/C22H28N4O5/c1-6-8-30-22(31-9-7-2)21(13-24)18(20(21,12-23)19(25)26-22)14-10-15(27-3)17(29-5)16(11-14)28-4/h10-11,18H,6-9H2,1-5H3,(H2,25,26). The summed E-state index contributed by atoms with van der Waals surface area (Å²) < 4.78 is 28.4. The van der Waals surface area contributed by atoms with Gasteiger partial charge in [-0.15, -0.1) is 0 Å². The Kier molecular flexibility index (Phi) is 6.04. The quantitative estimate of drug-likeness (QED) is 0.563. The number of benzene rings is 1. The average molecular weight is 428 g/mol. The molecule has 1 heterocycles. The Balaban J connectivity index is 2.23. The minimum Gasteiger partial charge on any atom is -0.493 e. The van der Waals surface area contributed by atoms with Gasteiger partial charge in [0.1, 0.15) is 11.3 Å². The van der Waals surface area contributed by atoms with Gasteiger partial charge in [-0.25, -0.2) is 4.99 Å². The highest BCUT2D eigenvalue weighted by Gasteiger charge is 2.93. The lowest BCUT2D eigenvalue weighted by atomic mass is 9.93. The summed E-state index contributed by atoms with van der Waals surface area (Å²) in [6.07, 6.45) is 1.37. The topological polar surface area (TPSA) is 132 Å². The van der Waals surface area contributed by atoms with Gasteiger partial charge in [0, 0.05) is 5.92 Å². The zero-order valence-electron chi connectivity index (χ0n) is 18.5. The van der Waals surface area contributed by atoms with Crippen molar-refractivity contribution in [1.82, 2.24) is 0 Å². The molecule has 2 N–H and O–H groups in total. The van der Waals surface area contributed by atoms with Gasteiger partial charge >= 0.3 is 0 Å². The number of aliphatic imine (C=N–C) groups is 1. The normalized spacial score (nSPS) is 27.5. The van der Waals surface area contributed by atoms with Gasteiger partial charge in [0.05, 0.1) is 46.7 Å². The second kappa shape index (κ2) is 8.26. The first-order valence-corrected chi connectivity index (χ1v) is 10.2. The van der Waals surface area contributed by atoms with E-state index in [0.717, 1.165) is 0 Å². The van der Waals surface area contributed by atoms with Crippen molar-refractivity contribution in [3.8, 4) is 29.4 Å². The van der Waals surface area contributed by atoms with Crippen LogP contribution >= 0.6 is 0 Å². The van der Waals surface area contributed by atoms with Gasteiger partial charge in [0.2, 0.25) is 5.75 Å². The van der Waals surface area contributed by atoms with Crippen LogP contribution in [-0.2, 0) is 9.47 Å². The van der Waals surface area contributed by atoms with E-state index in [9.17, 15) is 10.5 Å². The highest BCUT2D eigenvalue weighted by molar-refractivity contribution is 6.00. The lowest BCUT2D eigenvalue weighted by molar-refractivity contribution is -0.259. The predicted octanol–water partition coefficient (Wildman–Crippen LogP) is 2.71. The van der Waals surface area contributed by atoms with E-state index in [1.165, 1.54) is 21.3 Å². The predicted molar refractivity (Wildman–Crippen MR) is 112 cm³/mol. The van der Waals surface area contributed by atoms with E-state index in [4.69, 9.17) is 29.4 Å². The number of nitrogens with two attached hydrogens (primary N) is 1. The summed E-state index contributed by atoms with van der Waals surface area (Å²) >= 11 is 0. The van der Waals surface area contributed by atoms with Gasteiger partial charge in [-0.3, -0.25) is 0 Å². The summed E-state index contributed by atoms with van der Waals surface area (Å²) in [5, 5.41) is 20.7. The molecule has 1 aromatic carbocycles. The van der Waals surface area contributed by atoms with Crippen LogP contribution in [0.3, 0.4) is 0 Å². The first kappa shape index (κ1) is 22.7. The largest absolute Gasteiger partial charge is 0.493 e. The van der Waals surface area contributed by atoms with Gasteiger partial charge in [0.25, 0.3) is 5.91 Å². The van der Waals surface area contributed by atoms with Gasteiger partial charge in [-0.05, 0) is 30.5 Å². The summed E-state index contributed by atoms with van der Waals surface area (Å²) in [7, 11) is 4.51. The van der Waals surface area contributed by atoms with Crippen molar-refractivity contribution in [2.45, 2.75) is 38.5 Å². The van der Waals surface area contributed by atoms with Crippen molar-refractivity contribution < 1.29 is 23.7 Å². The van der Waals surface area contributed by atoms with Crippen LogP contribution in [0.15, 0.2) is 17.1 Å². The minimum absolute atomic E-state index is 0.0301. The fourth-order valence-corrected chi connectivity index (χ4v) is 4.61. The molecule has 3 unspecified atom stereocenters. The maximum atomic E-state index is 10.4. The second-order valence-electron chi connectivity index (χ2n) is 7.51. The summed E-state index contributed by atoms with van der Waals surface area (Å²) in [6.45, 7) is 4.48. The fourth-order valence-electron chi connectivity index (χ4n) is 4.61. The van der Waals surface area contributed by atoms with E-state index in [0.29, 0.717) is 48.9 Å². The molecule has 0 radical (unpaired) electrons. The third-order valence-corrected chi connectivity index (χ3v) is 5.95. The monoisotopic (exact) mass is 428 g/mol. The molecule has 31 heavy (non-hydrogen) atoms. The highest BCUT2D eigenvalue weighted by atomic mass is 16.7. The van der Waals surface area contributed by atoms with E-state index < -0.39 is 22.7 Å². The maximum Gasteiger partial charge on any atom is 0.293 e. The molecule has 0 saturated heterocycles. The van der Waals surface area contributed by atoms with Gasteiger partial charge in [-0.2, -0.15) is 10.5 Å². The molecule has 2 aliphatic rings. The molecule has 166 valence electrons. The SMILES string of the molecule is CCCOC1(OCCC)N=C(N)C2(C#N)C(c3cc(OC)c(OC)c(OC)c3)C12C#N. The van der Waals surface area contributed by atoms with Crippen LogP contribution in [0.25, 0.3) is 0 Å². The number of methoxy groups -OCH3 is 3. The molecule has 0 aromatic heterocycles. The fraction of sp³-hybridized carbons (Fsp3) is 0.591. The molecule has 0 bridgehead atoms.